The number of ketones is 1. The van der Waals surface area contributed by atoms with E-state index in [9.17, 15) is 4.79 Å². The summed E-state index contributed by atoms with van der Waals surface area (Å²) < 4.78 is 0. The second-order valence-corrected chi connectivity index (χ2v) is 1.18. The van der Waals surface area contributed by atoms with E-state index in [-0.39, 0.29) is 5.78 Å². The van der Waals surface area contributed by atoms with E-state index in [0.717, 1.165) is 0 Å². The third kappa shape index (κ3) is 5.17. The topological polar surface area (TPSA) is 35.5 Å². The summed E-state index contributed by atoms with van der Waals surface area (Å²) in [6, 6.07) is 0. The molecule has 0 rings (SSSR count). The second-order valence-electron chi connectivity index (χ2n) is 1.18. The summed E-state index contributed by atoms with van der Waals surface area (Å²) >= 11 is 0. The minimum absolute atomic E-state index is 0.0675. The summed E-state index contributed by atoms with van der Waals surface area (Å²) in [5.74, 6) is -0.0675. The molecule has 0 aliphatic carbocycles. The van der Waals surface area contributed by atoms with Crippen LogP contribution in [0.25, 0.3) is 0 Å². The summed E-state index contributed by atoms with van der Waals surface area (Å²) in [6.45, 7) is 1.43. The van der Waals surface area contributed by atoms with Crippen molar-refractivity contribution >= 4 is 5.78 Å². The number of allylic oxidation sites excluding steroid dienone is 1. The van der Waals surface area contributed by atoms with E-state index in [1.54, 1.807) is 0 Å². The molecule has 3 heteroatoms. The Kier molecular flexibility index (Phi) is 3.88. The molecule has 0 saturated heterocycles. The minimum Gasteiger partial charge on any atom is -0.346 e. The molecule has 0 aliphatic heterocycles. The van der Waals surface area contributed by atoms with Gasteiger partial charge < -0.3 is 4.89 Å². The lowest BCUT2D eigenvalue weighted by Gasteiger charge is -1.87. The van der Waals surface area contributed by atoms with Crippen LogP contribution in [0.3, 0.4) is 0 Å². The van der Waals surface area contributed by atoms with E-state index >= 15 is 0 Å². The first-order chi connectivity index (χ1) is 3.77. The van der Waals surface area contributed by atoms with Crippen LogP contribution in [0.5, 0.6) is 0 Å². The quantitative estimate of drug-likeness (QED) is 0.235. The van der Waals surface area contributed by atoms with Crippen LogP contribution in [-0.4, -0.2) is 12.9 Å². The first-order valence-corrected chi connectivity index (χ1v) is 2.14. The van der Waals surface area contributed by atoms with E-state index in [1.165, 1.54) is 26.4 Å². The average Bonchev–Trinajstić information content (AvgIpc) is 1.66. The Morgan fingerprint density at radius 2 is 2.25 bits per heavy atom. The molecule has 0 amide bonds. The number of hydrogen-bond acceptors (Lipinski definition) is 3. The fourth-order valence-corrected chi connectivity index (χ4v) is 0.179. The molecule has 46 valence electrons. The number of rotatable bonds is 3. The van der Waals surface area contributed by atoms with E-state index in [1.807, 2.05) is 0 Å². The average molecular weight is 116 g/mol. The van der Waals surface area contributed by atoms with Gasteiger partial charge in [-0.1, -0.05) is 0 Å². The van der Waals surface area contributed by atoms with Crippen LogP contribution in [0, 0.1) is 0 Å². The molecule has 0 saturated carbocycles. The molecule has 0 atom stereocenters. The molecule has 3 nitrogen and oxygen atoms in total. The molecule has 0 bridgehead atoms. The summed E-state index contributed by atoms with van der Waals surface area (Å²) in [5, 5.41) is 0. The number of hydrogen-bond donors (Lipinski definition) is 0. The van der Waals surface area contributed by atoms with Crippen LogP contribution in [0.2, 0.25) is 0 Å². The van der Waals surface area contributed by atoms with Gasteiger partial charge in [0.2, 0.25) is 0 Å². The summed E-state index contributed by atoms with van der Waals surface area (Å²) in [7, 11) is 1.37. The Bertz CT molecular complexity index is 95.8. The van der Waals surface area contributed by atoms with Crippen LogP contribution < -0.4 is 0 Å². The molecular formula is C5H8O3. The Morgan fingerprint density at radius 3 is 2.62 bits per heavy atom. The Labute approximate surface area is 47.8 Å². The fourth-order valence-electron chi connectivity index (χ4n) is 0.179. The largest absolute Gasteiger partial charge is 0.346 e. The molecule has 0 aromatic carbocycles. The first kappa shape index (κ1) is 7.17. The molecule has 0 fully saturated rings. The molecule has 0 spiro atoms. The maximum atomic E-state index is 10.1. The van der Waals surface area contributed by atoms with Gasteiger partial charge in [-0.2, -0.15) is 4.89 Å². The Balaban J connectivity index is 3.20. The van der Waals surface area contributed by atoms with Crippen molar-refractivity contribution < 1.29 is 14.6 Å². The molecule has 0 heterocycles. The standard InChI is InChI=1S/C5H8O3/c1-5(6)3-4-8-7-2/h3-4H,1-2H3/b4-3-. The third-order valence-electron chi connectivity index (χ3n) is 0.455. The lowest BCUT2D eigenvalue weighted by atomic mass is 10.4. The van der Waals surface area contributed by atoms with Gasteiger partial charge >= 0.3 is 0 Å². The van der Waals surface area contributed by atoms with Gasteiger partial charge in [0, 0.05) is 6.08 Å². The molecule has 0 aromatic rings. The maximum Gasteiger partial charge on any atom is 0.155 e. The summed E-state index contributed by atoms with van der Waals surface area (Å²) in [4.78, 5) is 18.5. The normalized spacial score (nSPS) is 9.75. The smallest absolute Gasteiger partial charge is 0.155 e. The minimum atomic E-state index is -0.0675. The molecule has 0 aliphatic rings. The van der Waals surface area contributed by atoms with Crippen LogP contribution in [0.1, 0.15) is 6.92 Å². The van der Waals surface area contributed by atoms with Crippen LogP contribution in [-0.2, 0) is 14.6 Å². The predicted molar refractivity (Wildman–Crippen MR) is 27.9 cm³/mol. The molecule has 8 heavy (non-hydrogen) atoms. The van der Waals surface area contributed by atoms with Crippen LogP contribution in [0.15, 0.2) is 12.3 Å². The third-order valence-corrected chi connectivity index (χ3v) is 0.455. The molecular weight excluding hydrogens is 108 g/mol. The van der Waals surface area contributed by atoms with E-state index < -0.39 is 0 Å². The highest BCUT2D eigenvalue weighted by molar-refractivity contribution is 5.86. The van der Waals surface area contributed by atoms with Gasteiger partial charge in [-0.25, -0.2) is 0 Å². The van der Waals surface area contributed by atoms with Gasteiger partial charge in [0.15, 0.2) is 5.78 Å². The maximum absolute atomic E-state index is 10.1. The highest BCUT2D eigenvalue weighted by atomic mass is 17.2. The van der Waals surface area contributed by atoms with Crippen molar-refractivity contribution in [2.75, 3.05) is 7.11 Å². The Hall–Kier alpha value is -0.830. The van der Waals surface area contributed by atoms with Crippen LogP contribution >= 0.6 is 0 Å². The molecule has 0 aromatic heterocycles. The van der Waals surface area contributed by atoms with E-state index in [2.05, 4.69) is 9.78 Å². The predicted octanol–water partition coefficient (Wildman–Crippen LogP) is 0.667. The zero-order valence-electron chi connectivity index (χ0n) is 4.88. The van der Waals surface area contributed by atoms with Crippen molar-refractivity contribution in [3.63, 3.8) is 0 Å². The van der Waals surface area contributed by atoms with Gasteiger partial charge in [-0.3, -0.25) is 4.79 Å². The van der Waals surface area contributed by atoms with Gasteiger partial charge in [-0.05, 0) is 6.92 Å². The monoisotopic (exact) mass is 116 g/mol. The lowest BCUT2D eigenvalue weighted by molar-refractivity contribution is -0.222. The summed E-state index contributed by atoms with van der Waals surface area (Å²) in [5.41, 5.74) is 0. The Morgan fingerprint density at radius 1 is 1.62 bits per heavy atom. The highest BCUT2D eigenvalue weighted by Gasteiger charge is 1.78. The molecule has 0 unspecified atom stereocenters. The first-order valence-electron chi connectivity index (χ1n) is 2.14. The van der Waals surface area contributed by atoms with Crippen LogP contribution in [0.4, 0.5) is 0 Å². The van der Waals surface area contributed by atoms with Crippen molar-refractivity contribution in [3.8, 4) is 0 Å². The van der Waals surface area contributed by atoms with Crippen molar-refractivity contribution in [1.82, 2.24) is 0 Å². The second kappa shape index (κ2) is 4.33. The van der Waals surface area contributed by atoms with E-state index in [4.69, 9.17) is 0 Å². The number of carbonyl (C=O) groups is 1. The van der Waals surface area contributed by atoms with Gasteiger partial charge in [-0.15, -0.1) is 0 Å². The van der Waals surface area contributed by atoms with Crippen molar-refractivity contribution in [2.45, 2.75) is 6.92 Å². The van der Waals surface area contributed by atoms with Crippen molar-refractivity contribution in [1.29, 1.82) is 0 Å². The molecule has 0 N–H and O–H groups in total. The SMILES string of the molecule is COO/C=C\C(C)=O. The lowest BCUT2D eigenvalue weighted by Crippen LogP contribution is -1.82. The fraction of sp³-hybridized carbons (Fsp3) is 0.400. The van der Waals surface area contributed by atoms with E-state index in [0.29, 0.717) is 0 Å². The summed E-state index contributed by atoms with van der Waals surface area (Å²) in [6.07, 6.45) is 2.45. The zero-order chi connectivity index (χ0) is 6.41. The van der Waals surface area contributed by atoms with Gasteiger partial charge in [0.05, 0.1) is 7.11 Å². The molecule has 0 radical (unpaired) electrons. The van der Waals surface area contributed by atoms with Gasteiger partial charge in [0.1, 0.15) is 6.26 Å². The van der Waals surface area contributed by atoms with Crippen molar-refractivity contribution in [2.24, 2.45) is 0 Å². The van der Waals surface area contributed by atoms with Gasteiger partial charge in [0.25, 0.3) is 0 Å². The number of carbonyl (C=O) groups excluding carboxylic acids is 1. The highest BCUT2D eigenvalue weighted by Crippen LogP contribution is 1.76. The van der Waals surface area contributed by atoms with Crippen molar-refractivity contribution in [3.05, 3.63) is 12.3 Å². The zero-order valence-corrected chi connectivity index (χ0v) is 4.88.